The van der Waals surface area contributed by atoms with Gasteiger partial charge < -0.3 is 29.5 Å². The Labute approximate surface area is 206 Å². The number of ketones is 1. The molecule has 1 aliphatic carbocycles. The molecule has 2 aliphatic heterocycles. The second kappa shape index (κ2) is 9.20. The minimum absolute atomic E-state index is 0.0198. The van der Waals surface area contributed by atoms with Crippen LogP contribution in [0, 0.1) is 5.92 Å². The zero-order valence-corrected chi connectivity index (χ0v) is 20.0. The first-order valence-corrected chi connectivity index (χ1v) is 12.0. The van der Waals surface area contributed by atoms with Gasteiger partial charge in [-0.25, -0.2) is 0 Å². The summed E-state index contributed by atoms with van der Waals surface area (Å²) in [6.07, 6.45) is 3.41. The molecule has 0 saturated heterocycles. The zero-order valence-electron chi connectivity index (χ0n) is 20.0. The molecule has 11 heteroatoms. The van der Waals surface area contributed by atoms with E-state index < -0.39 is 24.3 Å². The second-order valence-corrected chi connectivity index (χ2v) is 9.54. The smallest absolute Gasteiger partial charge is 0.387 e. The number of ether oxygens (including phenoxy) is 1. The van der Waals surface area contributed by atoms with Gasteiger partial charge in [-0.2, -0.15) is 8.78 Å². The summed E-state index contributed by atoms with van der Waals surface area (Å²) in [5, 5.41) is 12.5. The highest BCUT2D eigenvalue weighted by Gasteiger charge is 2.44. The Morgan fingerprint density at radius 2 is 1.92 bits per heavy atom. The van der Waals surface area contributed by atoms with Crippen molar-refractivity contribution < 1.29 is 33.0 Å². The molecule has 0 radical (unpaired) electrons. The number of benzene rings is 1. The lowest BCUT2D eigenvalue weighted by Gasteiger charge is -2.35. The Hall–Kier alpha value is -3.47. The maximum Gasteiger partial charge on any atom is 0.387 e. The number of fused-ring (bicyclic) bond motifs is 2. The monoisotopic (exact) mass is 502 g/mol. The number of hydrogen-bond donors (Lipinski definition) is 2. The van der Waals surface area contributed by atoms with Gasteiger partial charge in [-0.15, -0.1) is 0 Å². The molecule has 1 saturated carbocycles. The van der Waals surface area contributed by atoms with Gasteiger partial charge in [-0.05, 0) is 45.0 Å². The molecule has 2 N–H and O–H groups in total. The number of aliphatic carboxylic acids is 1. The SMILES string of the molecule is CN[C@@H](C)C(=O)N1CCn2cc(-c3ccc4c(c3OC(F)F)N(C3CC3)CC(C(=O)O)C4=O)cc2C1. The average Bonchev–Trinajstić information content (AvgIpc) is 3.60. The first kappa shape index (κ1) is 24.2. The number of hydrogen-bond acceptors (Lipinski definition) is 6. The van der Waals surface area contributed by atoms with Crippen molar-refractivity contribution in [2.45, 2.75) is 51.6 Å². The Bertz CT molecular complexity index is 1230. The summed E-state index contributed by atoms with van der Waals surface area (Å²) in [7, 11) is 1.72. The third-order valence-corrected chi connectivity index (χ3v) is 7.25. The van der Waals surface area contributed by atoms with Gasteiger partial charge >= 0.3 is 12.6 Å². The molecular formula is C25H28F2N4O5. The van der Waals surface area contributed by atoms with Crippen LogP contribution in [0.5, 0.6) is 5.75 Å². The number of rotatable bonds is 7. The molecule has 3 heterocycles. The Balaban J connectivity index is 1.57. The summed E-state index contributed by atoms with van der Waals surface area (Å²) in [6.45, 7) is 0.0503. The van der Waals surface area contributed by atoms with Crippen molar-refractivity contribution in [1.82, 2.24) is 14.8 Å². The number of aromatic nitrogens is 1. The van der Waals surface area contributed by atoms with Crippen LogP contribution < -0.4 is 15.0 Å². The molecule has 192 valence electrons. The van der Waals surface area contributed by atoms with E-state index in [2.05, 4.69) is 5.32 Å². The predicted octanol–water partition coefficient (Wildman–Crippen LogP) is 2.57. The molecule has 0 spiro atoms. The number of carboxylic acids is 1. The maximum absolute atomic E-state index is 13.6. The first-order valence-electron chi connectivity index (χ1n) is 12.0. The quantitative estimate of drug-likeness (QED) is 0.561. The van der Waals surface area contributed by atoms with Crippen LogP contribution in [0.4, 0.5) is 14.5 Å². The van der Waals surface area contributed by atoms with Crippen LogP contribution in [0.25, 0.3) is 11.1 Å². The number of anilines is 1. The zero-order chi connectivity index (χ0) is 25.7. The topological polar surface area (TPSA) is 104 Å². The maximum atomic E-state index is 13.6. The van der Waals surface area contributed by atoms with E-state index in [9.17, 15) is 28.3 Å². The molecule has 1 aromatic carbocycles. The third kappa shape index (κ3) is 4.21. The normalized spacial score (nSPS) is 20.2. The average molecular weight is 503 g/mol. The van der Waals surface area contributed by atoms with Gasteiger partial charge in [0.15, 0.2) is 11.5 Å². The van der Waals surface area contributed by atoms with Crippen molar-refractivity contribution in [3.63, 3.8) is 0 Å². The number of carbonyl (C=O) groups is 3. The molecular weight excluding hydrogens is 474 g/mol. The molecule has 9 nitrogen and oxygen atoms in total. The number of alkyl halides is 2. The van der Waals surface area contributed by atoms with Crippen molar-refractivity contribution in [2.24, 2.45) is 5.92 Å². The van der Waals surface area contributed by atoms with E-state index in [1.807, 2.05) is 16.8 Å². The second-order valence-electron chi connectivity index (χ2n) is 9.54. The van der Waals surface area contributed by atoms with Crippen LogP contribution in [-0.2, 0) is 22.7 Å². The molecule has 5 rings (SSSR count). The van der Waals surface area contributed by atoms with E-state index >= 15 is 0 Å². The van der Waals surface area contributed by atoms with E-state index in [4.69, 9.17) is 4.74 Å². The van der Waals surface area contributed by atoms with E-state index in [0.29, 0.717) is 30.8 Å². The number of halogens is 2. The summed E-state index contributed by atoms with van der Waals surface area (Å²) in [6, 6.07) is 4.55. The molecule has 2 atom stereocenters. The highest BCUT2D eigenvalue weighted by Crippen LogP contribution is 2.48. The van der Waals surface area contributed by atoms with Crippen molar-refractivity contribution in [1.29, 1.82) is 0 Å². The number of carboxylic acid groups (broad SMARTS) is 1. The fourth-order valence-electron chi connectivity index (χ4n) is 5.09. The highest BCUT2D eigenvalue weighted by molar-refractivity contribution is 6.14. The Morgan fingerprint density at radius 1 is 1.19 bits per heavy atom. The van der Waals surface area contributed by atoms with Crippen LogP contribution >= 0.6 is 0 Å². The summed E-state index contributed by atoms with van der Waals surface area (Å²) in [4.78, 5) is 40.8. The van der Waals surface area contributed by atoms with Crippen LogP contribution in [0.2, 0.25) is 0 Å². The fourth-order valence-corrected chi connectivity index (χ4v) is 5.09. The fraction of sp³-hybridized carbons (Fsp3) is 0.480. The molecule has 0 bridgehead atoms. The van der Waals surface area contributed by atoms with Crippen molar-refractivity contribution in [3.05, 3.63) is 35.7 Å². The van der Waals surface area contributed by atoms with E-state index in [1.54, 1.807) is 23.8 Å². The standard InChI is InChI=1S/C25H28F2N4O5/c1-13(28-2)23(33)30-8-7-29-10-14(9-16(29)11-30)17-5-6-18-20(22(17)36-25(26)27)31(15-3-4-15)12-19(21(18)32)24(34)35/h5-6,9-10,13,15,19,25,28H,3-4,7-8,11-12H2,1-2H3,(H,34,35)/t13-,19?/m0/s1. The van der Waals surface area contributed by atoms with Gasteiger partial charge in [-0.1, -0.05) is 0 Å². The molecule has 36 heavy (non-hydrogen) atoms. The number of Topliss-reactive ketones (excluding diaryl/α,β-unsaturated/α-hetero) is 1. The predicted molar refractivity (Wildman–Crippen MR) is 126 cm³/mol. The summed E-state index contributed by atoms with van der Waals surface area (Å²) < 4.78 is 34.3. The molecule has 3 aliphatic rings. The summed E-state index contributed by atoms with van der Waals surface area (Å²) >= 11 is 0. The molecule has 2 aromatic rings. The van der Waals surface area contributed by atoms with E-state index in [1.165, 1.54) is 12.1 Å². The van der Waals surface area contributed by atoms with Gasteiger partial charge in [0.25, 0.3) is 0 Å². The van der Waals surface area contributed by atoms with Crippen LogP contribution in [-0.4, -0.2) is 71.1 Å². The first-order chi connectivity index (χ1) is 17.2. The van der Waals surface area contributed by atoms with Gasteiger partial charge in [0.1, 0.15) is 5.92 Å². The summed E-state index contributed by atoms with van der Waals surface area (Å²) in [5.41, 5.74) is 2.20. The minimum atomic E-state index is -3.13. The molecule has 1 aromatic heterocycles. The Morgan fingerprint density at radius 3 is 2.56 bits per heavy atom. The minimum Gasteiger partial charge on any atom is -0.481 e. The van der Waals surface area contributed by atoms with Crippen LogP contribution in [0.1, 0.15) is 35.8 Å². The Kier molecular flexibility index (Phi) is 6.19. The largest absolute Gasteiger partial charge is 0.481 e. The van der Waals surface area contributed by atoms with Gasteiger partial charge in [0.2, 0.25) is 5.91 Å². The molecule has 1 fully saturated rings. The number of carbonyl (C=O) groups excluding carboxylic acids is 2. The molecule has 1 unspecified atom stereocenters. The lowest BCUT2D eigenvalue weighted by Crippen LogP contribution is -2.46. The lowest BCUT2D eigenvalue weighted by atomic mass is 9.88. The third-order valence-electron chi connectivity index (χ3n) is 7.25. The lowest BCUT2D eigenvalue weighted by molar-refractivity contribution is -0.139. The van der Waals surface area contributed by atoms with Crippen LogP contribution in [0.3, 0.4) is 0 Å². The molecule has 1 amide bonds. The number of likely N-dealkylation sites (N-methyl/N-ethyl adjacent to an activating group) is 1. The van der Waals surface area contributed by atoms with E-state index in [0.717, 1.165) is 18.5 Å². The van der Waals surface area contributed by atoms with Crippen molar-refractivity contribution in [2.75, 3.05) is 25.0 Å². The summed E-state index contributed by atoms with van der Waals surface area (Å²) in [5.74, 6) is -3.24. The number of amides is 1. The van der Waals surface area contributed by atoms with Gasteiger partial charge in [0, 0.05) is 54.3 Å². The highest BCUT2D eigenvalue weighted by atomic mass is 19.3. The number of nitrogens with zero attached hydrogens (tertiary/aromatic N) is 3. The van der Waals surface area contributed by atoms with Crippen LogP contribution in [0.15, 0.2) is 24.4 Å². The number of nitrogens with one attached hydrogen (secondary N) is 1. The van der Waals surface area contributed by atoms with Gasteiger partial charge in [0.05, 0.1) is 18.3 Å². The van der Waals surface area contributed by atoms with Crippen molar-refractivity contribution in [3.8, 4) is 16.9 Å². The van der Waals surface area contributed by atoms with E-state index in [-0.39, 0.29) is 41.5 Å². The van der Waals surface area contributed by atoms with Crippen molar-refractivity contribution >= 4 is 23.3 Å². The van der Waals surface area contributed by atoms with Gasteiger partial charge in [-0.3, -0.25) is 14.4 Å².